The van der Waals surface area contributed by atoms with Crippen molar-refractivity contribution < 1.29 is 24.2 Å². The third-order valence-corrected chi connectivity index (χ3v) is 4.93. The molecule has 0 spiro atoms. The van der Waals surface area contributed by atoms with Crippen molar-refractivity contribution in [1.82, 2.24) is 5.32 Å². The van der Waals surface area contributed by atoms with Crippen molar-refractivity contribution in [2.75, 3.05) is 29.9 Å². The molecule has 8 nitrogen and oxygen atoms in total. The summed E-state index contributed by atoms with van der Waals surface area (Å²) in [7, 11) is 0. The van der Waals surface area contributed by atoms with E-state index in [0.717, 1.165) is 0 Å². The molecule has 31 heavy (non-hydrogen) atoms. The van der Waals surface area contributed by atoms with E-state index in [1.54, 1.807) is 60.4 Å². The Kier molecular flexibility index (Phi) is 7.49. The number of aliphatic hydroxyl groups excluding tert-OH is 1. The molecule has 0 saturated carbocycles. The fraction of sp³-hybridized carbons (Fsp3) is 0.318. The summed E-state index contributed by atoms with van der Waals surface area (Å²) in [4.78, 5) is 38.1. The molecule has 3 rings (SSSR count). The topological polar surface area (TPSA) is 108 Å². The van der Waals surface area contributed by atoms with Gasteiger partial charge in [0.15, 0.2) is 6.61 Å². The van der Waals surface area contributed by atoms with Crippen molar-refractivity contribution in [2.24, 2.45) is 5.92 Å². The number of benzene rings is 2. The van der Waals surface area contributed by atoms with Crippen LogP contribution >= 0.6 is 11.6 Å². The van der Waals surface area contributed by atoms with Crippen LogP contribution < -0.4 is 20.3 Å². The van der Waals surface area contributed by atoms with Crippen molar-refractivity contribution >= 4 is 40.7 Å². The number of anilines is 2. The first-order valence-electron chi connectivity index (χ1n) is 9.86. The first-order chi connectivity index (χ1) is 14.8. The Labute approximate surface area is 185 Å². The Morgan fingerprint density at radius 3 is 2.68 bits per heavy atom. The maximum atomic E-state index is 12.3. The molecule has 1 aliphatic rings. The molecule has 2 aromatic carbocycles. The quantitative estimate of drug-likeness (QED) is 0.577. The Morgan fingerprint density at radius 2 is 2.00 bits per heavy atom. The van der Waals surface area contributed by atoms with Crippen LogP contribution in [0, 0.1) is 5.92 Å². The molecule has 2 aromatic rings. The van der Waals surface area contributed by atoms with Gasteiger partial charge in [-0.2, -0.15) is 0 Å². The molecule has 3 N–H and O–H groups in total. The minimum atomic E-state index is -0.641. The van der Waals surface area contributed by atoms with Gasteiger partial charge in [-0.25, -0.2) is 0 Å². The number of carbonyl (C=O) groups excluding carboxylic acids is 3. The molecule has 0 bridgehead atoms. The summed E-state index contributed by atoms with van der Waals surface area (Å²) in [5.74, 6) is -0.707. The maximum Gasteiger partial charge on any atom is 0.262 e. The van der Waals surface area contributed by atoms with E-state index < -0.39 is 12.0 Å². The zero-order valence-corrected chi connectivity index (χ0v) is 17.8. The first kappa shape index (κ1) is 22.6. The summed E-state index contributed by atoms with van der Waals surface area (Å²) < 4.78 is 5.49. The second kappa shape index (κ2) is 10.3. The first-order valence-corrected chi connectivity index (χ1v) is 10.2. The highest BCUT2D eigenvalue weighted by Crippen LogP contribution is 2.27. The monoisotopic (exact) mass is 445 g/mol. The standard InChI is InChI=1S/C22H24ClN3O5/c1-14(27)11-24-22(30)15-9-21(29)26(12-15)18-5-7-19(8-6-18)31-13-20(28)25-17-4-2-3-16(23)10-17/h2-8,10,14-15,27H,9,11-13H2,1H3,(H,24,30)(H,25,28)/t14-,15-/m0/s1. The van der Waals surface area contributed by atoms with Gasteiger partial charge >= 0.3 is 0 Å². The normalized spacial score (nSPS) is 16.7. The zero-order valence-electron chi connectivity index (χ0n) is 17.0. The SMILES string of the molecule is C[C@H](O)CNC(=O)[C@H]1CC(=O)N(c2ccc(OCC(=O)Nc3cccc(Cl)c3)cc2)C1. The van der Waals surface area contributed by atoms with Crippen molar-refractivity contribution in [2.45, 2.75) is 19.4 Å². The van der Waals surface area contributed by atoms with Crippen LogP contribution in [0.4, 0.5) is 11.4 Å². The Morgan fingerprint density at radius 1 is 1.26 bits per heavy atom. The highest BCUT2D eigenvalue weighted by Gasteiger charge is 2.35. The number of nitrogens with zero attached hydrogens (tertiary/aromatic N) is 1. The summed E-state index contributed by atoms with van der Waals surface area (Å²) in [6.07, 6.45) is -0.523. The molecule has 1 heterocycles. The summed E-state index contributed by atoms with van der Waals surface area (Å²) >= 11 is 5.89. The van der Waals surface area contributed by atoms with Crippen molar-refractivity contribution in [3.05, 3.63) is 53.6 Å². The minimum Gasteiger partial charge on any atom is -0.484 e. The maximum absolute atomic E-state index is 12.3. The van der Waals surface area contributed by atoms with E-state index in [1.807, 2.05) is 0 Å². The number of amides is 3. The molecule has 2 atom stereocenters. The van der Waals surface area contributed by atoms with Gasteiger partial charge in [0, 0.05) is 35.9 Å². The van der Waals surface area contributed by atoms with Crippen molar-refractivity contribution in [3.63, 3.8) is 0 Å². The van der Waals surface area contributed by atoms with Gasteiger partial charge in [0.25, 0.3) is 5.91 Å². The number of hydrogen-bond donors (Lipinski definition) is 3. The summed E-state index contributed by atoms with van der Waals surface area (Å²) in [6.45, 7) is 1.82. The minimum absolute atomic E-state index is 0.119. The third kappa shape index (κ3) is 6.44. The lowest BCUT2D eigenvalue weighted by molar-refractivity contribution is -0.126. The molecule has 0 aromatic heterocycles. The lowest BCUT2D eigenvalue weighted by Crippen LogP contribution is -2.36. The summed E-state index contributed by atoms with van der Waals surface area (Å²) in [5.41, 5.74) is 1.22. The number of rotatable bonds is 8. The van der Waals surface area contributed by atoms with Crippen LogP contribution in [0.15, 0.2) is 48.5 Å². The Balaban J connectivity index is 1.51. The summed E-state index contributed by atoms with van der Waals surface area (Å²) in [5, 5.41) is 15.1. The van der Waals surface area contributed by atoms with Gasteiger partial charge in [-0.15, -0.1) is 0 Å². The number of aliphatic hydroxyl groups is 1. The molecule has 3 amide bonds. The fourth-order valence-corrected chi connectivity index (χ4v) is 3.35. The average molecular weight is 446 g/mol. The number of carbonyl (C=O) groups is 3. The van der Waals surface area contributed by atoms with Crippen LogP contribution in [-0.4, -0.2) is 48.6 Å². The molecule has 1 fully saturated rings. The average Bonchev–Trinajstić information content (AvgIpc) is 3.12. The van der Waals surface area contributed by atoms with Crippen LogP contribution in [0.1, 0.15) is 13.3 Å². The molecule has 0 radical (unpaired) electrons. The molecule has 164 valence electrons. The van der Waals surface area contributed by atoms with E-state index in [9.17, 15) is 19.5 Å². The lowest BCUT2D eigenvalue weighted by atomic mass is 10.1. The number of halogens is 1. The second-order valence-electron chi connectivity index (χ2n) is 7.34. The van der Waals surface area contributed by atoms with Gasteiger partial charge in [0.05, 0.1) is 12.0 Å². The highest BCUT2D eigenvalue weighted by atomic mass is 35.5. The zero-order chi connectivity index (χ0) is 22.4. The van der Waals surface area contributed by atoms with Crippen LogP contribution in [0.25, 0.3) is 0 Å². The lowest BCUT2D eigenvalue weighted by Gasteiger charge is -2.17. The van der Waals surface area contributed by atoms with Gasteiger partial charge in [-0.05, 0) is 49.4 Å². The third-order valence-electron chi connectivity index (χ3n) is 4.69. The van der Waals surface area contributed by atoms with Crippen molar-refractivity contribution in [3.8, 4) is 5.75 Å². The van der Waals surface area contributed by atoms with Gasteiger partial charge in [0.2, 0.25) is 11.8 Å². The van der Waals surface area contributed by atoms with E-state index in [2.05, 4.69) is 10.6 Å². The predicted molar refractivity (Wildman–Crippen MR) is 117 cm³/mol. The van der Waals surface area contributed by atoms with Gasteiger partial charge in [-0.3, -0.25) is 14.4 Å². The molecule has 1 saturated heterocycles. The van der Waals surface area contributed by atoms with Gasteiger partial charge < -0.3 is 25.4 Å². The largest absolute Gasteiger partial charge is 0.484 e. The van der Waals surface area contributed by atoms with Crippen LogP contribution in [0.5, 0.6) is 5.75 Å². The number of nitrogens with one attached hydrogen (secondary N) is 2. The van der Waals surface area contributed by atoms with E-state index in [4.69, 9.17) is 16.3 Å². The Hall–Kier alpha value is -3.10. The van der Waals surface area contributed by atoms with Crippen LogP contribution in [0.2, 0.25) is 5.02 Å². The summed E-state index contributed by atoms with van der Waals surface area (Å²) in [6, 6.07) is 13.6. The molecular weight excluding hydrogens is 422 g/mol. The van der Waals surface area contributed by atoms with Crippen molar-refractivity contribution in [1.29, 1.82) is 0 Å². The molecule has 0 unspecified atom stereocenters. The smallest absolute Gasteiger partial charge is 0.262 e. The van der Waals surface area contributed by atoms with E-state index in [1.165, 1.54) is 0 Å². The van der Waals surface area contributed by atoms with Crippen LogP contribution in [-0.2, 0) is 14.4 Å². The Bertz CT molecular complexity index is 948. The second-order valence-corrected chi connectivity index (χ2v) is 7.78. The van der Waals surface area contributed by atoms with Crippen LogP contribution in [0.3, 0.4) is 0 Å². The predicted octanol–water partition coefficient (Wildman–Crippen LogP) is 2.21. The van der Waals surface area contributed by atoms with E-state index in [0.29, 0.717) is 22.1 Å². The molecular formula is C22H24ClN3O5. The van der Waals surface area contributed by atoms with Gasteiger partial charge in [0.1, 0.15) is 5.75 Å². The molecule has 0 aliphatic carbocycles. The highest BCUT2D eigenvalue weighted by molar-refractivity contribution is 6.30. The number of ether oxygens (including phenoxy) is 1. The van der Waals surface area contributed by atoms with Gasteiger partial charge in [-0.1, -0.05) is 17.7 Å². The molecule has 9 heteroatoms. The van der Waals surface area contributed by atoms with E-state index >= 15 is 0 Å². The van der Waals surface area contributed by atoms with E-state index in [-0.39, 0.29) is 43.8 Å². The fourth-order valence-electron chi connectivity index (χ4n) is 3.16. The number of hydrogen-bond acceptors (Lipinski definition) is 5. The molecule has 1 aliphatic heterocycles.